The predicted molar refractivity (Wildman–Crippen MR) is 66.5 cm³/mol. The maximum Gasteiger partial charge on any atom is 0.328 e. The predicted octanol–water partition coefficient (Wildman–Crippen LogP) is 0.443. The zero-order chi connectivity index (χ0) is 14.6. The van der Waals surface area contributed by atoms with Crippen molar-refractivity contribution in [3.63, 3.8) is 0 Å². The number of ether oxygens (including phenoxy) is 1. The van der Waals surface area contributed by atoms with E-state index in [0.717, 1.165) is 6.42 Å². The molecule has 2 amide bonds. The topological polar surface area (TPSA) is 95.9 Å². The van der Waals surface area contributed by atoms with Crippen molar-refractivity contribution in [3.8, 4) is 0 Å². The monoisotopic (exact) mass is 272 g/mol. The number of likely N-dealkylation sites (tertiary alicyclic amines) is 1. The summed E-state index contributed by atoms with van der Waals surface area (Å²) in [5.41, 5.74) is 0. The van der Waals surface area contributed by atoms with Crippen LogP contribution in [0.25, 0.3) is 0 Å². The Balaban J connectivity index is 2.68. The minimum atomic E-state index is -1.02. The molecule has 0 aromatic heterocycles. The number of amides is 2. The Morgan fingerprint density at radius 2 is 2.05 bits per heavy atom. The first-order chi connectivity index (χ1) is 8.86. The number of carbonyl (C=O) groups excluding carboxylic acids is 2. The number of esters is 1. The highest BCUT2D eigenvalue weighted by Crippen LogP contribution is 2.22. The maximum absolute atomic E-state index is 12.0. The van der Waals surface area contributed by atoms with Crippen LogP contribution < -0.4 is 5.32 Å². The summed E-state index contributed by atoms with van der Waals surface area (Å²) in [4.78, 5) is 35.7. The van der Waals surface area contributed by atoms with E-state index in [1.165, 1.54) is 18.9 Å². The molecule has 1 aliphatic rings. The van der Waals surface area contributed by atoms with E-state index < -0.39 is 30.1 Å². The molecule has 1 aliphatic heterocycles. The van der Waals surface area contributed by atoms with Gasteiger partial charge in [0.05, 0.1) is 7.11 Å². The second-order valence-electron chi connectivity index (χ2n) is 4.87. The van der Waals surface area contributed by atoms with Crippen LogP contribution in [0.15, 0.2) is 0 Å². The molecular weight excluding hydrogens is 252 g/mol. The van der Waals surface area contributed by atoms with Gasteiger partial charge < -0.3 is 20.1 Å². The number of carboxylic acid groups (broad SMARTS) is 1. The van der Waals surface area contributed by atoms with E-state index in [-0.39, 0.29) is 5.92 Å². The minimum Gasteiger partial charge on any atom is -0.480 e. The molecule has 7 nitrogen and oxygen atoms in total. The van der Waals surface area contributed by atoms with E-state index in [9.17, 15) is 14.4 Å². The first kappa shape index (κ1) is 15.3. The molecule has 0 aliphatic carbocycles. The summed E-state index contributed by atoms with van der Waals surface area (Å²) in [6.45, 7) is 3.83. The number of methoxy groups -OCH3 is 1. The molecule has 0 aromatic rings. The summed E-state index contributed by atoms with van der Waals surface area (Å²) < 4.78 is 4.50. The summed E-state index contributed by atoms with van der Waals surface area (Å²) in [5, 5.41) is 11.6. The van der Waals surface area contributed by atoms with Crippen molar-refractivity contribution in [2.24, 2.45) is 5.92 Å². The molecule has 1 rings (SSSR count). The number of hydrogen-bond donors (Lipinski definition) is 2. The highest BCUT2D eigenvalue weighted by atomic mass is 16.5. The van der Waals surface area contributed by atoms with Gasteiger partial charge in [-0.15, -0.1) is 0 Å². The minimum absolute atomic E-state index is 0.267. The van der Waals surface area contributed by atoms with Crippen LogP contribution in [0, 0.1) is 5.92 Å². The van der Waals surface area contributed by atoms with Crippen LogP contribution in [0.2, 0.25) is 0 Å². The highest BCUT2D eigenvalue weighted by Gasteiger charge is 2.35. The molecule has 3 atom stereocenters. The lowest BCUT2D eigenvalue weighted by atomic mass is 9.93. The normalized spacial score (nSPS) is 24.5. The van der Waals surface area contributed by atoms with Crippen LogP contribution in [0.5, 0.6) is 0 Å². The molecule has 0 radical (unpaired) electrons. The summed E-state index contributed by atoms with van der Waals surface area (Å²) in [6.07, 6.45) is 1.18. The van der Waals surface area contributed by atoms with Gasteiger partial charge in [-0.1, -0.05) is 6.92 Å². The molecule has 19 heavy (non-hydrogen) atoms. The van der Waals surface area contributed by atoms with E-state index in [0.29, 0.717) is 13.0 Å². The molecule has 1 saturated heterocycles. The van der Waals surface area contributed by atoms with Crippen LogP contribution in [-0.2, 0) is 14.3 Å². The highest BCUT2D eigenvalue weighted by molar-refractivity contribution is 5.86. The first-order valence-electron chi connectivity index (χ1n) is 6.24. The lowest BCUT2D eigenvalue weighted by Gasteiger charge is -2.36. The number of rotatable bonds is 3. The maximum atomic E-state index is 12.0. The number of nitrogens with one attached hydrogen (secondary N) is 1. The Morgan fingerprint density at radius 1 is 1.42 bits per heavy atom. The van der Waals surface area contributed by atoms with Gasteiger partial charge in [0, 0.05) is 6.54 Å². The standard InChI is InChI=1S/C12H20N2O5/c1-7-4-5-14(9(6-7)10(15)16)12(18)13-8(2)11(17)19-3/h7-9H,4-6H2,1-3H3,(H,13,18)(H,15,16). The number of hydrogen-bond acceptors (Lipinski definition) is 4. The Kier molecular flexibility index (Phi) is 5.14. The van der Waals surface area contributed by atoms with Gasteiger partial charge in [0.2, 0.25) is 0 Å². The van der Waals surface area contributed by atoms with E-state index >= 15 is 0 Å². The molecular formula is C12H20N2O5. The van der Waals surface area contributed by atoms with Gasteiger partial charge in [-0.3, -0.25) is 0 Å². The second-order valence-corrected chi connectivity index (χ2v) is 4.87. The fourth-order valence-electron chi connectivity index (χ4n) is 2.12. The van der Waals surface area contributed by atoms with E-state index in [1.54, 1.807) is 0 Å². The Hall–Kier alpha value is -1.79. The summed E-state index contributed by atoms with van der Waals surface area (Å²) in [6, 6.07) is -2.18. The zero-order valence-electron chi connectivity index (χ0n) is 11.4. The van der Waals surface area contributed by atoms with Gasteiger partial charge in [-0.05, 0) is 25.7 Å². The summed E-state index contributed by atoms with van der Waals surface area (Å²) in [7, 11) is 1.23. The lowest BCUT2D eigenvalue weighted by molar-refractivity contribution is -0.143. The van der Waals surface area contributed by atoms with E-state index in [4.69, 9.17) is 5.11 Å². The van der Waals surface area contributed by atoms with Gasteiger partial charge in [-0.25, -0.2) is 14.4 Å². The van der Waals surface area contributed by atoms with E-state index in [1.807, 2.05) is 6.92 Å². The zero-order valence-corrected chi connectivity index (χ0v) is 11.4. The SMILES string of the molecule is COC(=O)C(C)NC(=O)N1CCC(C)CC1C(=O)O. The third-order valence-corrected chi connectivity index (χ3v) is 3.31. The average Bonchev–Trinajstić information content (AvgIpc) is 2.37. The van der Waals surface area contributed by atoms with Crippen molar-refractivity contribution in [1.29, 1.82) is 0 Å². The fourth-order valence-corrected chi connectivity index (χ4v) is 2.12. The molecule has 0 bridgehead atoms. The van der Waals surface area contributed by atoms with Crippen LogP contribution in [0.3, 0.4) is 0 Å². The van der Waals surface area contributed by atoms with Crippen molar-refractivity contribution in [2.45, 2.75) is 38.8 Å². The molecule has 1 fully saturated rings. The number of urea groups is 1. The van der Waals surface area contributed by atoms with Crippen LogP contribution in [0.1, 0.15) is 26.7 Å². The van der Waals surface area contributed by atoms with Gasteiger partial charge in [-0.2, -0.15) is 0 Å². The van der Waals surface area contributed by atoms with Crippen LogP contribution >= 0.6 is 0 Å². The van der Waals surface area contributed by atoms with Crippen molar-refractivity contribution >= 4 is 18.0 Å². The quantitative estimate of drug-likeness (QED) is 0.727. The first-order valence-corrected chi connectivity index (χ1v) is 6.24. The van der Waals surface area contributed by atoms with Crippen molar-refractivity contribution < 1.29 is 24.2 Å². The third-order valence-electron chi connectivity index (χ3n) is 3.31. The van der Waals surface area contributed by atoms with Gasteiger partial charge in [0.25, 0.3) is 0 Å². The Morgan fingerprint density at radius 3 is 2.58 bits per heavy atom. The summed E-state index contributed by atoms with van der Waals surface area (Å²) in [5.74, 6) is -1.32. The molecule has 3 unspecified atom stereocenters. The van der Waals surface area contributed by atoms with Gasteiger partial charge in [0.15, 0.2) is 0 Å². The van der Waals surface area contributed by atoms with Crippen molar-refractivity contribution in [2.75, 3.05) is 13.7 Å². The second kappa shape index (κ2) is 6.40. The molecule has 0 aromatic carbocycles. The third kappa shape index (κ3) is 3.84. The molecule has 108 valence electrons. The number of carboxylic acids is 1. The Labute approximate surface area is 111 Å². The number of carbonyl (C=O) groups is 3. The van der Waals surface area contributed by atoms with Crippen molar-refractivity contribution in [3.05, 3.63) is 0 Å². The number of nitrogens with zero attached hydrogens (tertiary/aromatic N) is 1. The Bertz CT molecular complexity index is 371. The molecule has 1 heterocycles. The van der Waals surface area contributed by atoms with Crippen LogP contribution in [-0.4, -0.2) is 53.7 Å². The number of aliphatic carboxylic acids is 1. The molecule has 0 saturated carbocycles. The van der Waals surface area contributed by atoms with Crippen molar-refractivity contribution in [1.82, 2.24) is 10.2 Å². The number of piperidine rings is 1. The summed E-state index contributed by atoms with van der Waals surface area (Å²) >= 11 is 0. The smallest absolute Gasteiger partial charge is 0.328 e. The fraction of sp³-hybridized carbons (Fsp3) is 0.750. The molecule has 7 heteroatoms. The lowest BCUT2D eigenvalue weighted by Crippen LogP contribution is -2.55. The average molecular weight is 272 g/mol. The van der Waals surface area contributed by atoms with Gasteiger partial charge >= 0.3 is 18.0 Å². The van der Waals surface area contributed by atoms with E-state index in [2.05, 4.69) is 10.1 Å². The van der Waals surface area contributed by atoms with Crippen LogP contribution in [0.4, 0.5) is 4.79 Å². The largest absolute Gasteiger partial charge is 0.480 e. The molecule has 0 spiro atoms. The van der Waals surface area contributed by atoms with Gasteiger partial charge in [0.1, 0.15) is 12.1 Å². The molecule has 2 N–H and O–H groups in total.